The fraction of sp³-hybridized carbons (Fsp3) is 0.188. The minimum atomic E-state index is -0.285. The largest absolute Gasteiger partial charge is 0.380 e. The number of hydrogen-bond donors (Lipinski definition) is 1. The monoisotopic (exact) mass is 306 g/mol. The highest BCUT2D eigenvalue weighted by Crippen LogP contribution is 2.23. The van der Waals surface area contributed by atoms with E-state index in [0.717, 1.165) is 0 Å². The zero-order valence-electron chi connectivity index (χ0n) is 11.9. The molecule has 0 radical (unpaired) electrons. The van der Waals surface area contributed by atoms with Crippen LogP contribution >= 0.6 is 11.6 Å². The van der Waals surface area contributed by atoms with Crippen molar-refractivity contribution in [2.24, 2.45) is 0 Å². The van der Waals surface area contributed by atoms with E-state index >= 15 is 0 Å². The Morgan fingerprint density at radius 2 is 1.95 bits per heavy atom. The van der Waals surface area contributed by atoms with Crippen molar-refractivity contribution in [3.63, 3.8) is 0 Å². The predicted molar refractivity (Wildman–Crippen MR) is 83.2 cm³/mol. The number of nitrogens with zero attached hydrogens (tertiary/aromatic N) is 1. The number of nitrogens with one attached hydrogen (secondary N) is 1. The lowest BCUT2D eigenvalue weighted by atomic mass is 10.1. The molecule has 5 heteroatoms. The van der Waals surface area contributed by atoms with E-state index in [2.05, 4.69) is 5.32 Å². The quantitative estimate of drug-likeness (QED) is 0.932. The number of anilines is 1. The van der Waals surface area contributed by atoms with Gasteiger partial charge in [-0.2, -0.15) is 0 Å². The van der Waals surface area contributed by atoms with Gasteiger partial charge >= 0.3 is 0 Å². The molecule has 0 aromatic heterocycles. The molecule has 0 saturated heterocycles. The van der Waals surface area contributed by atoms with Crippen LogP contribution < -0.4 is 5.32 Å². The van der Waals surface area contributed by atoms with E-state index in [4.69, 9.17) is 11.6 Å². The van der Waals surface area contributed by atoms with Crippen molar-refractivity contribution in [3.05, 3.63) is 64.4 Å². The number of carbonyl (C=O) groups excluding carboxylic acids is 1. The molecule has 0 heterocycles. The lowest BCUT2D eigenvalue weighted by Crippen LogP contribution is -2.23. The molecule has 3 nitrogen and oxygen atoms in total. The van der Waals surface area contributed by atoms with Crippen LogP contribution in [0.15, 0.2) is 42.5 Å². The number of amides is 1. The molecule has 0 saturated carbocycles. The molecule has 0 aliphatic rings. The van der Waals surface area contributed by atoms with Crippen LogP contribution in [0.2, 0.25) is 5.02 Å². The summed E-state index contributed by atoms with van der Waals surface area (Å²) in [6.07, 6.45) is 0. The number of carbonyl (C=O) groups is 1. The molecule has 0 aliphatic carbocycles. The van der Waals surface area contributed by atoms with Crippen molar-refractivity contribution >= 4 is 23.2 Å². The Labute approximate surface area is 128 Å². The van der Waals surface area contributed by atoms with Crippen LogP contribution in [-0.4, -0.2) is 24.9 Å². The summed E-state index contributed by atoms with van der Waals surface area (Å²) in [6.45, 7) is 0.278. The summed E-state index contributed by atoms with van der Waals surface area (Å²) < 4.78 is 13.6. The van der Waals surface area contributed by atoms with E-state index < -0.39 is 0 Å². The highest BCUT2D eigenvalue weighted by atomic mass is 35.5. The van der Waals surface area contributed by atoms with Gasteiger partial charge in [0.1, 0.15) is 5.82 Å². The molecular weight excluding hydrogens is 291 g/mol. The maximum atomic E-state index is 13.6. The van der Waals surface area contributed by atoms with Crippen LogP contribution in [0.3, 0.4) is 0 Å². The topological polar surface area (TPSA) is 32.3 Å². The van der Waals surface area contributed by atoms with Crippen LogP contribution in [0.5, 0.6) is 0 Å². The Morgan fingerprint density at radius 1 is 1.24 bits per heavy atom. The first-order chi connectivity index (χ1) is 9.99. The number of hydrogen-bond acceptors (Lipinski definition) is 2. The third kappa shape index (κ3) is 3.73. The predicted octanol–water partition coefficient (Wildman–Crippen LogP) is 3.79. The van der Waals surface area contributed by atoms with Gasteiger partial charge in [-0.05, 0) is 24.3 Å². The van der Waals surface area contributed by atoms with Gasteiger partial charge in [-0.15, -0.1) is 0 Å². The average Bonchev–Trinajstić information content (AvgIpc) is 2.46. The summed E-state index contributed by atoms with van der Waals surface area (Å²) in [6, 6.07) is 11.5. The Hall–Kier alpha value is -2.07. The fourth-order valence-corrected chi connectivity index (χ4v) is 2.09. The summed E-state index contributed by atoms with van der Waals surface area (Å²) in [4.78, 5) is 13.6. The summed E-state index contributed by atoms with van der Waals surface area (Å²) in [5.74, 6) is -0.421. The second kappa shape index (κ2) is 6.59. The standard InChI is InChI=1S/C16H16ClFN2O/c1-20(2)16(21)13-8-7-12(17)9-15(13)19-10-11-5-3-4-6-14(11)18/h3-9,19H,10H2,1-2H3. The van der Waals surface area contributed by atoms with E-state index in [1.54, 1.807) is 50.5 Å². The van der Waals surface area contributed by atoms with Gasteiger partial charge in [-0.25, -0.2) is 4.39 Å². The lowest BCUT2D eigenvalue weighted by Gasteiger charge is -2.16. The Morgan fingerprint density at radius 3 is 2.62 bits per heavy atom. The molecule has 21 heavy (non-hydrogen) atoms. The summed E-state index contributed by atoms with van der Waals surface area (Å²) in [5, 5.41) is 3.59. The summed E-state index contributed by atoms with van der Waals surface area (Å²) >= 11 is 5.98. The van der Waals surface area contributed by atoms with Crippen LogP contribution in [0, 0.1) is 5.82 Å². The van der Waals surface area contributed by atoms with Gasteiger partial charge in [0.15, 0.2) is 0 Å². The zero-order chi connectivity index (χ0) is 15.4. The van der Waals surface area contributed by atoms with E-state index in [1.807, 2.05) is 0 Å². The fourth-order valence-electron chi connectivity index (χ4n) is 1.92. The Balaban J connectivity index is 2.25. The van der Waals surface area contributed by atoms with Gasteiger partial charge in [0.25, 0.3) is 5.91 Å². The van der Waals surface area contributed by atoms with Gasteiger partial charge in [0, 0.05) is 36.9 Å². The molecule has 2 rings (SSSR count). The van der Waals surface area contributed by atoms with E-state index in [-0.39, 0.29) is 18.3 Å². The van der Waals surface area contributed by atoms with Crippen molar-refractivity contribution < 1.29 is 9.18 Å². The molecule has 0 aliphatic heterocycles. The summed E-state index contributed by atoms with van der Waals surface area (Å²) in [5.41, 5.74) is 1.62. The zero-order valence-corrected chi connectivity index (χ0v) is 12.6. The van der Waals surface area contributed by atoms with Crippen molar-refractivity contribution in [2.75, 3.05) is 19.4 Å². The molecule has 1 N–H and O–H groups in total. The first kappa shape index (κ1) is 15.3. The van der Waals surface area contributed by atoms with Crippen molar-refractivity contribution in [2.45, 2.75) is 6.54 Å². The highest BCUT2D eigenvalue weighted by Gasteiger charge is 2.14. The van der Waals surface area contributed by atoms with E-state index in [9.17, 15) is 9.18 Å². The minimum Gasteiger partial charge on any atom is -0.380 e. The molecule has 0 unspecified atom stereocenters. The molecule has 0 atom stereocenters. The number of halogens is 2. The third-order valence-corrected chi connectivity index (χ3v) is 3.28. The lowest BCUT2D eigenvalue weighted by molar-refractivity contribution is 0.0828. The minimum absolute atomic E-state index is 0.136. The molecule has 0 spiro atoms. The first-order valence-electron chi connectivity index (χ1n) is 6.47. The van der Waals surface area contributed by atoms with Crippen LogP contribution in [0.25, 0.3) is 0 Å². The van der Waals surface area contributed by atoms with Gasteiger partial charge in [-0.1, -0.05) is 29.8 Å². The highest BCUT2D eigenvalue weighted by molar-refractivity contribution is 6.31. The normalized spacial score (nSPS) is 10.3. The van der Waals surface area contributed by atoms with Crippen LogP contribution in [-0.2, 0) is 6.54 Å². The van der Waals surface area contributed by atoms with Crippen molar-refractivity contribution in [1.29, 1.82) is 0 Å². The smallest absolute Gasteiger partial charge is 0.255 e. The third-order valence-electron chi connectivity index (χ3n) is 3.05. The Kier molecular flexibility index (Phi) is 4.81. The SMILES string of the molecule is CN(C)C(=O)c1ccc(Cl)cc1NCc1ccccc1F. The second-order valence-corrected chi connectivity index (χ2v) is 5.27. The second-order valence-electron chi connectivity index (χ2n) is 4.83. The molecule has 0 bridgehead atoms. The van der Waals surface area contributed by atoms with Crippen molar-refractivity contribution in [3.8, 4) is 0 Å². The Bertz CT molecular complexity index is 658. The molecule has 110 valence electrons. The van der Waals surface area contributed by atoms with Gasteiger partial charge in [0.2, 0.25) is 0 Å². The van der Waals surface area contributed by atoms with E-state index in [1.165, 1.54) is 11.0 Å². The molecule has 1 amide bonds. The molecule has 2 aromatic rings. The number of benzene rings is 2. The van der Waals surface area contributed by atoms with Gasteiger partial charge in [-0.3, -0.25) is 4.79 Å². The number of rotatable bonds is 4. The summed E-state index contributed by atoms with van der Waals surface area (Å²) in [7, 11) is 3.36. The maximum absolute atomic E-state index is 13.6. The van der Waals surface area contributed by atoms with Gasteiger partial charge < -0.3 is 10.2 Å². The van der Waals surface area contributed by atoms with Gasteiger partial charge in [0.05, 0.1) is 5.56 Å². The first-order valence-corrected chi connectivity index (χ1v) is 6.85. The molecule has 2 aromatic carbocycles. The van der Waals surface area contributed by atoms with Crippen LogP contribution in [0.4, 0.5) is 10.1 Å². The van der Waals surface area contributed by atoms with Crippen molar-refractivity contribution in [1.82, 2.24) is 4.90 Å². The average molecular weight is 307 g/mol. The van der Waals surface area contributed by atoms with E-state index in [0.29, 0.717) is 21.8 Å². The maximum Gasteiger partial charge on any atom is 0.255 e. The van der Waals surface area contributed by atoms with Crippen LogP contribution in [0.1, 0.15) is 15.9 Å². The molecule has 0 fully saturated rings. The molecular formula is C16H16ClFN2O.